The van der Waals surface area contributed by atoms with E-state index in [2.05, 4.69) is 15.0 Å². The van der Waals surface area contributed by atoms with E-state index in [0.29, 0.717) is 6.54 Å². The molecule has 6 heteroatoms. The van der Waals surface area contributed by atoms with Crippen molar-refractivity contribution < 1.29 is 5.11 Å². The fourth-order valence-electron chi connectivity index (χ4n) is 1.66. The number of nitrogens with zero attached hydrogens (tertiary/aromatic N) is 5. The molecule has 0 amide bonds. The molecule has 1 N–H and O–H groups in total. The summed E-state index contributed by atoms with van der Waals surface area (Å²) in [6.45, 7) is 0.621. The van der Waals surface area contributed by atoms with Crippen LogP contribution in [0.1, 0.15) is 0 Å². The third kappa shape index (κ3) is 3.17. The average Bonchev–Trinajstić information content (AvgIpc) is 2.48. The first-order chi connectivity index (χ1) is 9.22. The van der Waals surface area contributed by atoms with E-state index in [1.54, 1.807) is 6.20 Å². The van der Waals surface area contributed by atoms with Crippen molar-refractivity contribution in [1.29, 1.82) is 0 Å². The minimum atomic E-state index is 0.0892. The van der Waals surface area contributed by atoms with Crippen molar-refractivity contribution in [2.75, 3.05) is 37.0 Å². The molecule has 100 valence electrons. The molecule has 0 atom stereocenters. The zero-order valence-electron chi connectivity index (χ0n) is 11.1. The molecule has 0 unspecified atom stereocenters. The first-order valence-electron chi connectivity index (χ1n) is 6.01. The molecule has 19 heavy (non-hydrogen) atoms. The van der Waals surface area contributed by atoms with Gasteiger partial charge in [0, 0.05) is 32.9 Å². The topological polar surface area (TPSA) is 65.4 Å². The van der Waals surface area contributed by atoms with Gasteiger partial charge in [0.25, 0.3) is 0 Å². The third-order valence-corrected chi connectivity index (χ3v) is 2.80. The molecule has 2 aromatic heterocycles. The highest BCUT2D eigenvalue weighted by atomic mass is 16.3. The van der Waals surface area contributed by atoms with Crippen molar-refractivity contribution in [3.05, 3.63) is 36.8 Å². The number of hydrogen-bond acceptors (Lipinski definition) is 6. The molecule has 6 nitrogen and oxygen atoms in total. The summed E-state index contributed by atoms with van der Waals surface area (Å²) in [4.78, 5) is 16.5. The first kappa shape index (κ1) is 13.2. The second-order valence-corrected chi connectivity index (χ2v) is 4.13. The standard InChI is InChI=1S/C13H17N5O/c1-17(7-8-19)12-9-13(16-10-15-12)18(2)11-5-3-4-6-14-11/h3-6,9-10,19H,7-8H2,1-2H3. The van der Waals surface area contributed by atoms with E-state index in [1.807, 2.05) is 48.2 Å². The van der Waals surface area contributed by atoms with Gasteiger partial charge >= 0.3 is 0 Å². The summed E-state index contributed by atoms with van der Waals surface area (Å²) >= 11 is 0. The Labute approximate surface area is 112 Å². The predicted octanol–water partition coefficient (Wildman–Crippen LogP) is 1.07. The van der Waals surface area contributed by atoms with Crippen LogP contribution in [0.15, 0.2) is 36.8 Å². The lowest BCUT2D eigenvalue weighted by Gasteiger charge is -2.20. The second kappa shape index (κ2) is 6.10. The fraction of sp³-hybridized carbons (Fsp3) is 0.308. The Morgan fingerprint density at radius 2 is 1.84 bits per heavy atom. The largest absolute Gasteiger partial charge is 0.395 e. The van der Waals surface area contributed by atoms with Crippen LogP contribution in [0, 0.1) is 0 Å². The predicted molar refractivity (Wildman–Crippen MR) is 74.7 cm³/mol. The molecule has 0 aliphatic carbocycles. The fourth-order valence-corrected chi connectivity index (χ4v) is 1.66. The van der Waals surface area contributed by atoms with E-state index < -0.39 is 0 Å². The van der Waals surface area contributed by atoms with E-state index in [-0.39, 0.29) is 6.61 Å². The summed E-state index contributed by atoms with van der Waals surface area (Å²) in [5, 5.41) is 8.95. The Balaban J connectivity index is 2.23. The van der Waals surface area contributed by atoms with Crippen molar-refractivity contribution in [2.24, 2.45) is 0 Å². The van der Waals surface area contributed by atoms with Crippen LogP contribution in [-0.2, 0) is 0 Å². The number of rotatable bonds is 5. The zero-order valence-corrected chi connectivity index (χ0v) is 11.1. The Kier molecular flexibility index (Phi) is 4.25. The highest BCUT2D eigenvalue weighted by molar-refractivity contribution is 5.58. The van der Waals surface area contributed by atoms with Gasteiger partial charge < -0.3 is 14.9 Å². The molecule has 0 radical (unpaired) electrons. The van der Waals surface area contributed by atoms with Gasteiger partial charge in [0.2, 0.25) is 0 Å². The van der Waals surface area contributed by atoms with Crippen LogP contribution in [0.5, 0.6) is 0 Å². The molecule has 2 aromatic rings. The molecule has 0 saturated carbocycles. The summed E-state index contributed by atoms with van der Waals surface area (Å²) in [5.41, 5.74) is 0. The van der Waals surface area contributed by atoms with Gasteiger partial charge in [-0.05, 0) is 12.1 Å². The minimum Gasteiger partial charge on any atom is -0.395 e. The van der Waals surface area contributed by atoms with Crippen molar-refractivity contribution in [3.8, 4) is 0 Å². The van der Waals surface area contributed by atoms with Crippen LogP contribution in [-0.4, -0.2) is 47.3 Å². The molecule has 2 heterocycles. The molecule has 0 aliphatic rings. The minimum absolute atomic E-state index is 0.0892. The summed E-state index contributed by atoms with van der Waals surface area (Å²) < 4.78 is 0. The van der Waals surface area contributed by atoms with E-state index in [4.69, 9.17) is 5.11 Å². The van der Waals surface area contributed by atoms with Crippen LogP contribution in [0.25, 0.3) is 0 Å². The molecule has 0 fully saturated rings. The Hall–Kier alpha value is -2.21. The van der Waals surface area contributed by atoms with Gasteiger partial charge in [-0.1, -0.05) is 6.07 Å². The monoisotopic (exact) mass is 259 g/mol. The number of likely N-dealkylation sites (N-methyl/N-ethyl adjacent to an activating group) is 1. The Bertz CT molecular complexity index is 519. The van der Waals surface area contributed by atoms with Crippen LogP contribution in [0.4, 0.5) is 17.5 Å². The first-order valence-corrected chi connectivity index (χ1v) is 6.01. The number of aromatic nitrogens is 3. The number of anilines is 3. The zero-order chi connectivity index (χ0) is 13.7. The Morgan fingerprint density at radius 3 is 2.53 bits per heavy atom. The van der Waals surface area contributed by atoms with Gasteiger partial charge in [-0.3, -0.25) is 0 Å². The smallest absolute Gasteiger partial charge is 0.139 e. The lowest BCUT2D eigenvalue weighted by molar-refractivity contribution is 0.304. The molecule has 0 spiro atoms. The number of pyridine rings is 1. The van der Waals surface area contributed by atoms with E-state index in [0.717, 1.165) is 17.5 Å². The second-order valence-electron chi connectivity index (χ2n) is 4.13. The van der Waals surface area contributed by atoms with Gasteiger partial charge in [-0.25, -0.2) is 15.0 Å². The lowest BCUT2D eigenvalue weighted by atomic mass is 10.4. The van der Waals surface area contributed by atoms with Crippen LogP contribution >= 0.6 is 0 Å². The quantitative estimate of drug-likeness (QED) is 0.866. The molecule has 0 aliphatic heterocycles. The molecular formula is C13H17N5O. The maximum absolute atomic E-state index is 8.95. The van der Waals surface area contributed by atoms with Crippen molar-refractivity contribution >= 4 is 17.5 Å². The highest BCUT2D eigenvalue weighted by Gasteiger charge is 2.09. The van der Waals surface area contributed by atoms with Gasteiger partial charge in [0.1, 0.15) is 23.8 Å². The van der Waals surface area contributed by atoms with Crippen LogP contribution < -0.4 is 9.80 Å². The van der Waals surface area contributed by atoms with Gasteiger partial charge in [-0.15, -0.1) is 0 Å². The van der Waals surface area contributed by atoms with Gasteiger partial charge in [0.15, 0.2) is 0 Å². The van der Waals surface area contributed by atoms with Crippen molar-refractivity contribution in [2.45, 2.75) is 0 Å². The normalized spacial score (nSPS) is 10.3. The summed E-state index contributed by atoms with van der Waals surface area (Å²) in [5.74, 6) is 2.34. The molecule has 2 rings (SSSR count). The number of aliphatic hydroxyl groups excluding tert-OH is 1. The maximum atomic E-state index is 8.95. The van der Waals surface area contributed by atoms with Crippen LogP contribution in [0.2, 0.25) is 0 Å². The molecular weight excluding hydrogens is 242 g/mol. The van der Waals surface area contributed by atoms with Crippen molar-refractivity contribution in [1.82, 2.24) is 15.0 Å². The lowest BCUT2D eigenvalue weighted by Crippen LogP contribution is -2.23. The summed E-state index contributed by atoms with van der Waals surface area (Å²) in [6, 6.07) is 7.58. The maximum Gasteiger partial charge on any atom is 0.139 e. The van der Waals surface area contributed by atoms with E-state index in [1.165, 1.54) is 6.33 Å². The molecule has 0 bridgehead atoms. The number of aliphatic hydroxyl groups is 1. The average molecular weight is 259 g/mol. The molecule has 0 aromatic carbocycles. The highest BCUT2D eigenvalue weighted by Crippen LogP contribution is 2.21. The van der Waals surface area contributed by atoms with Crippen LogP contribution in [0.3, 0.4) is 0 Å². The van der Waals surface area contributed by atoms with Crippen molar-refractivity contribution in [3.63, 3.8) is 0 Å². The molecule has 0 saturated heterocycles. The van der Waals surface area contributed by atoms with Gasteiger partial charge in [-0.2, -0.15) is 0 Å². The Morgan fingerprint density at radius 1 is 1.05 bits per heavy atom. The van der Waals surface area contributed by atoms with E-state index in [9.17, 15) is 0 Å². The number of hydrogen-bond donors (Lipinski definition) is 1. The summed E-state index contributed by atoms with van der Waals surface area (Å²) in [6.07, 6.45) is 3.25. The SMILES string of the molecule is CN(CCO)c1cc(N(C)c2ccccn2)ncn1. The van der Waals surface area contributed by atoms with E-state index >= 15 is 0 Å². The summed E-state index contributed by atoms with van der Waals surface area (Å²) in [7, 11) is 3.78. The van der Waals surface area contributed by atoms with Gasteiger partial charge in [0.05, 0.1) is 6.61 Å². The third-order valence-electron chi connectivity index (χ3n) is 2.80.